The lowest BCUT2D eigenvalue weighted by Crippen LogP contribution is -2.28. The molecule has 0 amide bonds. The molecule has 1 unspecified atom stereocenters. The van der Waals surface area contributed by atoms with E-state index in [1.807, 2.05) is 37.3 Å². The first-order valence-corrected chi connectivity index (χ1v) is 10.4. The molecule has 0 saturated carbocycles. The van der Waals surface area contributed by atoms with Crippen molar-refractivity contribution in [3.8, 4) is 17.6 Å². The maximum absolute atomic E-state index is 12.0. The molecule has 2 aromatic carbocycles. The summed E-state index contributed by atoms with van der Waals surface area (Å²) in [7, 11) is 0. The van der Waals surface area contributed by atoms with Gasteiger partial charge in [0.05, 0.1) is 6.61 Å². The van der Waals surface area contributed by atoms with Crippen LogP contribution in [0.25, 0.3) is 0 Å². The summed E-state index contributed by atoms with van der Waals surface area (Å²) in [5.41, 5.74) is 1.72. The van der Waals surface area contributed by atoms with Crippen molar-refractivity contribution in [2.24, 2.45) is 0 Å². The van der Waals surface area contributed by atoms with E-state index in [0.29, 0.717) is 36.3 Å². The fraction of sp³-hybridized carbons (Fsp3) is 0.292. The molecule has 0 spiro atoms. The largest absolute Gasteiger partial charge is 0.490 e. The molecule has 1 atom stereocenters. The zero-order chi connectivity index (χ0) is 21.8. The van der Waals surface area contributed by atoms with Crippen molar-refractivity contribution in [2.75, 3.05) is 19.8 Å². The third kappa shape index (κ3) is 8.51. The lowest BCUT2D eigenvalue weighted by Gasteiger charge is -2.15. The molecule has 30 heavy (non-hydrogen) atoms. The minimum atomic E-state index is -0.599. The molecule has 2 aromatic rings. The molecule has 0 heterocycles. The van der Waals surface area contributed by atoms with Crippen LogP contribution in [0.4, 0.5) is 0 Å². The van der Waals surface area contributed by atoms with Gasteiger partial charge in [0, 0.05) is 28.6 Å². The Bertz CT molecular complexity index is 891. The summed E-state index contributed by atoms with van der Waals surface area (Å²) in [5, 5.41) is 1.11. The Morgan fingerprint density at radius 1 is 1.07 bits per heavy atom. The Hall–Kier alpha value is -2.45. The van der Waals surface area contributed by atoms with Crippen LogP contribution in [0.1, 0.15) is 25.0 Å². The number of carbonyl (C=O) groups is 1. The third-order valence-electron chi connectivity index (χ3n) is 3.89. The van der Waals surface area contributed by atoms with Gasteiger partial charge in [-0.15, -0.1) is 0 Å². The predicted octanol–water partition coefficient (Wildman–Crippen LogP) is 5.49. The topological polar surface area (TPSA) is 44.8 Å². The molecule has 0 aromatic heterocycles. The molecule has 6 heteroatoms. The zero-order valence-corrected chi connectivity index (χ0v) is 18.5. The van der Waals surface area contributed by atoms with Crippen LogP contribution in [0.3, 0.4) is 0 Å². The van der Waals surface area contributed by atoms with Crippen LogP contribution in [0.2, 0.25) is 10.0 Å². The lowest BCUT2D eigenvalue weighted by molar-refractivity contribution is -0.156. The van der Waals surface area contributed by atoms with Gasteiger partial charge in [0.15, 0.2) is 6.10 Å². The summed E-state index contributed by atoms with van der Waals surface area (Å²) in [6.45, 7) is 4.80. The van der Waals surface area contributed by atoms with Crippen molar-refractivity contribution >= 4 is 29.2 Å². The van der Waals surface area contributed by atoms with Crippen LogP contribution in [0.5, 0.6) is 5.75 Å². The number of allylic oxidation sites excluding steroid dienone is 1. The van der Waals surface area contributed by atoms with Crippen LogP contribution in [0.15, 0.2) is 54.6 Å². The van der Waals surface area contributed by atoms with E-state index in [1.165, 1.54) is 0 Å². The molecule has 0 fully saturated rings. The van der Waals surface area contributed by atoms with Crippen LogP contribution in [-0.4, -0.2) is 31.9 Å². The molecule has 2 rings (SSSR count). The van der Waals surface area contributed by atoms with Gasteiger partial charge in [-0.05, 0) is 61.9 Å². The molecule has 4 nitrogen and oxygen atoms in total. The van der Waals surface area contributed by atoms with Crippen LogP contribution in [-0.2, 0) is 20.7 Å². The maximum atomic E-state index is 12.0. The van der Waals surface area contributed by atoms with Gasteiger partial charge in [-0.3, -0.25) is 0 Å². The molecule has 0 aliphatic rings. The van der Waals surface area contributed by atoms with Crippen molar-refractivity contribution < 1.29 is 19.0 Å². The van der Waals surface area contributed by atoms with E-state index in [9.17, 15) is 4.79 Å². The van der Waals surface area contributed by atoms with Gasteiger partial charge in [0.1, 0.15) is 12.4 Å². The number of carbonyl (C=O) groups excluding carboxylic acids is 1. The second-order valence-corrected chi connectivity index (χ2v) is 7.06. The molecule has 0 aliphatic carbocycles. The van der Waals surface area contributed by atoms with E-state index in [0.717, 1.165) is 16.9 Å². The molecular weight excluding hydrogens is 423 g/mol. The highest BCUT2D eigenvalue weighted by Gasteiger charge is 2.20. The fourth-order valence-corrected chi connectivity index (χ4v) is 3.11. The summed E-state index contributed by atoms with van der Waals surface area (Å²) in [5.74, 6) is 6.27. The lowest BCUT2D eigenvalue weighted by atomic mass is 10.1. The number of hydrogen-bond acceptors (Lipinski definition) is 4. The zero-order valence-electron chi connectivity index (χ0n) is 17.0. The minimum absolute atomic E-state index is 0.333. The molecule has 158 valence electrons. The first-order valence-electron chi connectivity index (χ1n) is 9.64. The van der Waals surface area contributed by atoms with Crippen molar-refractivity contribution in [2.45, 2.75) is 26.4 Å². The summed E-state index contributed by atoms with van der Waals surface area (Å²) >= 11 is 11.9. The Kier molecular flexibility index (Phi) is 10.3. The number of rotatable bonds is 9. The van der Waals surface area contributed by atoms with Crippen LogP contribution >= 0.6 is 23.2 Å². The van der Waals surface area contributed by atoms with Crippen LogP contribution in [0, 0.1) is 11.8 Å². The van der Waals surface area contributed by atoms with Gasteiger partial charge in [0.25, 0.3) is 0 Å². The smallest absolute Gasteiger partial charge is 0.335 e. The van der Waals surface area contributed by atoms with E-state index < -0.39 is 6.10 Å². The standard InChI is InChI=1S/C24H24Cl2O4/c1-3-28-23(24(27)29-4-2)16-18-9-11-22(12-10-18)30-13-7-5-6-8-19-14-20(25)17-21(26)15-19/h5,7,9-12,14-15,17,23H,3-4,13,16H2,1-2H3/b7-5+. The van der Waals surface area contributed by atoms with Crippen molar-refractivity contribution in [3.63, 3.8) is 0 Å². The van der Waals surface area contributed by atoms with Gasteiger partial charge < -0.3 is 14.2 Å². The normalized spacial score (nSPS) is 11.6. The number of benzene rings is 2. The molecule has 0 bridgehead atoms. The monoisotopic (exact) mass is 446 g/mol. The SMILES string of the molecule is CCOC(=O)C(Cc1ccc(OC/C=C/C#Cc2cc(Cl)cc(Cl)c2)cc1)OCC. The van der Waals surface area contributed by atoms with E-state index in [1.54, 1.807) is 31.2 Å². The number of ether oxygens (including phenoxy) is 3. The number of halogens is 2. The Morgan fingerprint density at radius 2 is 1.77 bits per heavy atom. The highest BCUT2D eigenvalue weighted by atomic mass is 35.5. The Balaban J connectivity index is 1.83. The third-order valence-corrected chi connectivity index (χ3v) is 4.32. The first kappa shape index (κ1) is 23.8. The summed E-state index contributed by atoms with van der Waals surface area (Å²) < 4.78 is 16.2. The van der Waals surface area contributed by atoms with Gasteiger partial charge in [-0.1, -0.05) is 47.2 Å². The first-order chi connectivity index (χ1) is 14.5. The van der Waals surface area contributed by atoms with Crippen molar-refractivity contribution in [3.05, 3.63) is 75.8 Å². The van der Waals surface area contributed by atoms with Gasteiger partial charge in [-0.2, -0.15) is 0 Å². The van der Waals surface area contributed by atoms with Crippen LogP contribution < -0.4 is 4.74 Å². The average Bonchev–Trinajstić information content (AvgIpc) is 2.71. The average molecular weight is 447 g/mol. The second-order valence-electron chi connectivity index (χ2n) is 6.18. The van der Waals surface area contributed by atoms with Crippen molar-refractivity contribution in [1.82, 2.24) is 0 Å². The second kappa shape index (κ2) is 13.0. The van der Waals surface area contributed by atoms with Gasteiger partial charge >= 0.3 is 5.97 Å². The predicted molar refractivity (Wildman–Crippen MR) is 120 cm³/mol. The summed E-state index contributed by atoms with van der Waals surface area (Å²) in [6.07, 6.45) is 3.39. The maximum Gasteiger partial charge on any atom is 0.335 e. The molecule has 0 N–H and O–H groups in total. The van der Waals surface area contributed by atoms with Crippen molar-refractivity contribution in [1.29, 1.82) is 0 Å². The Labute approximate surface area is 187 Å². The number of hydrogen-bond donors (Lipinski definition) is 0. The molecule has 0 aliphatic heterocycles. The summed E-state index contributed by atoms with van der Waals surface area (Å²) in [6, 6.07) is 12.7. The number of esters is 1. The van der Waals surface area contributed by atoms with E-state index in [4.69, 9.17) is 37.4 Å². The van der Waals surface area contributed by atoms with E-state index in [2.05, 4.69) is 11.8 Å². The molecule has 0 saturated heterocycles. The van der Waals surface area contributed by atoms with Gasteiger partial charge in [0.2, 0.25) is 0 Å². The molecular formula is C24H24Cl2O4. The highest BCUT2D eigenvalue weighted by Crippen LogP contribution is 2.18. The van der Waals surface area contributed by atoms with E-state index in [-0.39, 0.29) is 5.97 Å². The highest BCUT2D eigenvalue weighted by molar-refractivity contribution is 6.34. The fourth-order valence-electron chi connectivity index (χ4n) is 2.58. The van der Waals surface area contributed by atoms with Gasteiger partial charge in [-0.25, -0.2) is 4.79 Å². The quantitative estimate of drug-likeness (QED) is 0.377. The molecule has 0 radical (unpaired) electrons. The minimum Gasteiger partial charge on any atom is -0.490 e. The van der Waals surface area contributed by atoms with E-state index >= 15 is 0 Å². The summed E-state index contributed by atoms with van der Waals surface area (Å²) in [4.78, 5) is 12.0. The Morgan fingerprint density at radius 3 is 2.40 bits per heavy atom.